The highest BCUT2D eigenvalue weighted by molar-refractivity contribution is 9.10. The lowest BCUT2D eigenvalue weighted by atomic mass is 10.0. The van der Waals surface area contributed by atoms with Crippen LogP contribution in [0, 0.1) is 5.92 Å². The van der Waals surface area contributed by atoms with Crippen molar-refractivity contribution in [2.75, 3.05) is 18.5 Å². The third kappa shape index (κ3) is 3.36. The molecule has 1 N–H and O–H groups in total. The molecule has 0 aromatic carbocycles. The van der Waals surface area contributed by atoms with Crippen molar-refractivity contribution in [3.8, 4) is 0 Å². The Morgan fingerprint density at radius 2 is 2.42 bits per heavy atom. The second-order valence-electron chi connectivity index (χ2n) is 4.91. The molecular formula is C13H20BrN3O2. The van der Waals surface area contributed by atoms with Gasteiger partial charge in [-0.1, -0.05) is 6.92 Å². The Bertz CT molecular complexity index is 489. The Morgan fingerprint density at radius 1 is 1.63 bits per heavy atom. The van der Waals surface area contributed by atoms with E-state index in [1.807, 2.05) is 6.92 Å². The number of aryl methyl sites for hydroxylation is 1. The molecule has 0 radical (unpaired) electrons. The van der Waals surface area contributed by atoms with E-state index in [0.717, 1.165) is 31.7 Å². The van der Waals surface area contributed by atoms with Gasteiger partial charge in [0.25, 0.3) is 5.56 Å². The molecule has 5 nitrogen and oxygen atoms in total. The fourth-order valence-electron chi connectivity index (χ4n) is 2.24. The second kappa shape index (κ2) is 6.52. The zero-order valence-electron chi connectivity index (χ0n) is 11.4. The molecule has 1 fully saturated rings. The van der Waals surface area contributed by atoms with Gasteiger partial charge in [0.15, 0.2) is 0 Å². The van der Waals surface area contributed by atoms with Crippen LogP contribution in [-0.2, 0) is 11.3 Å². The van der Waals surface area contributed by atoms with Crippen molar-refractivity contribution >= 4 is 21.6 Å². The van der Waals surface area contributed by atoms with Crippen molar-refractivity contribution in [2.45, 2.75) is 39.3 Å². The van der Waals surface area contributed by atoms with Crippen molar-refractivity contribution in [3.63, 3.8) is 0 Å². The molecule has 1 saturated heterocycles. The van der Waals surface area contributed by atoms with Gasteiger partial charge in [-0.25, -0.2) is 4.68 Å². The number of hydrogen-bond acceptors (Lipinski definition) is 4. The molecular weight excluding hydrogens is 310 g/mol. The first-order valence-corrected chi connectivity index (χ1v) is 7.54. The average molecular weight is 330 g/mol. The summed E-state index contributed by atoms with van der Waals surface area (Å²) in [5.74, 6) is 0.491. The molecule has 106 valence electrons. The maximum absolute atomic E-state index is 12.0. The van der Waals surface area contributed by atoms with Gasteiger partial charge in [0.05, 0.1) is 18.0 Å². The van der Waals surface area contributed by atoms with Crippen molar-refractivity contribution in [2.24, 2.45) is 5.92 Å². The summed E-state index contributed by atoms with van der Waals surface area (Å²) in [6.45, 7) is 6.39. The molecule has 0 aliphatic carbocycles. The molecule has 2 atom stereocenters. The van der Waals surface area contributed by atoms with E-state index < -0.39 is 0 Å². The molecule has 0 spiro atoms. The minimum absolute atomic E-state index is 0.0810. The van der Waals surface area contributed by atoms with E-state index >= 15 is 0 Å². The minimum atomic E-state index is -0.0810. The van der Waals surface area contributed by atoms with Crippen LogP contribution in [0.3, 0.4) is 0 Å². The van der Waals surface area contributed by atoms with Gasteiger partial charge in [0.2, 0.25) is 0 Å². The molecule has 0 bridgehead atoms. The lowest BCUT2D eigenvalue weighted by molar-refractivity contribution is 0.108. The van der Waals surface area contributed by atoms with Gasteiger partial charge in [-0.05, 0) is 35.7 Å². The largest absolute Gasteiger partial charge is 0.382 e. The Hall–Kier alpha value is -0.880. The summed E-state index contributed by atoms with van der Waals surface area (Å²) in [7, 11) is 0. The summed E-state index contributed by atoms with van der Waals surface area (Å²) in [5.41, 5.74) is 0.680. The van der Waals surface area contributed by atoms with Crippen LogP contribution >= 0.6 is 15.9 Å². The first-order chi connectivity index (χ1) is 9.13. The number of nitrogens with zero attached hydrogens (tertiary/aromatic N) is 2. The van der Waals surface area contributed by atoms with E-state index in [9.17, 15) is 4.79 Å². The zero-order valence-corrected chi connectivity index (χ0v) is 12.9. The predicted molar refractivity (Wildman–Crippen MR) is 78.5 cm³/mol. The highest BCUT2D eigenvalue weighted by Crippen LogP contribution is 2.22. The fourth-order valence-corrected chi connectivity index (χ4v) is 2.69. The van der Waals surface area contributed by atoms with Gasteiger partial charge in [0, 0.05) is 25.6 Å². The third-order valence-corrected chi connectivity index (χ3v) is 4.27. The van der Waals surface area contributed by atoms with Gasteiger partial charge in [-0.15, -0.1) is 0 Å². The fraction of sp³-hybridized carbons (Fsp3) is 0.692. The molecule has 2 heterocycles. The zero-order chi connectivity index (χ0) is 13.8. The number of nitrogens with one attached hydrogen (secondary N) is 1. The minimum Gasteiger partial charge on any atom is -0.382 e. The number of anilines is 1. The molecule has 1 aliphatic rings. The number of rotatable bonds is 5. The Morgan fingerprint density at radius 3 is 3.05 bits per heavy atom. The molecule has 1 aliphatic heterocycles. The first-order valence-electron chi connectivity index (χ1n) is 6.74. The quantitative estimate of drug-likeness (QED) is 0.900. The number of hydrogen-bond donors (Lipinski definition) is 1. The maximum atomic E-state index is 12.0. The number of halogens is 1. The van der Waals surface area contributed by atoms with Crippen molar-refractivity contribution in [1.82, 2.24) is 9.78 Å². The molecule has 1 aromatic rings. The lowest BCUT2D eigenvalue weighted by Gasteiger charge is -2.16. The molecule has 0 amide bonds. The summed E-state index contributed by atoms with van der Waals surface area (Å²) >= 11 is 3.36. The van der Waals surface area contributed by atoms with Crippen LogP contribution in [0.5, 0.6) is 0 Å². The Labute approximate surface area is 121 Å². The molecule has 6 heteroatoms. The average Bonchev–Trinajstić information content (AvgIpc) is 2.80. The van der Waals surface area contributed by atoms with Gasteiger partial charge in [0.1, 0.15) is 4.47 Å². The Balaban J connectivity index is 2.04. The third-order valence-electron chi connectivity index (χ3n) is 3.51. The van der Waals surface area contributed by atoms with Crippen LogP contribution in [0.4, 0.5) is 5.69 Å². The molecule has 1 aromatic heterocycles. The van der Waals surface area contributed by atoms with Crippen LogP contribution in [0.1, 0.15) is 26.7 Å². The number of aromatic nitrogens is 2. The predicted octanol–water partition coefficient (Wildman–Crippen LogP) is 2.25. The van der Waals surface area contributed by atoms with Crippen LogP contribution in [0.25, 0.3) is 0 Å². The van der Waals surface area contributed by atoms with E-state index in [1.165, 1.54) is 4.68 Å². The van der Waals surface area contributed by atoms with Crippen LogP contribution in [0.15, 0.2) is 15.5 Å². The van der Waals surface area contributed by atoms with Gasteiger partial charge >= 0.3 is 0 Å². The first kappa shape index (κ1) is 14.5. The van der Waals surface area contributed by atoms with Crippen molar-refractivity contribution in [3.05, 3.63) is 21.0 Å². The van der Waals surface area contributed by atoms with E-state index in [2.05, 4.69) is 33.3 Å². The Kier molecular flexibility index (Phi) is 4.99. The normalized spacial score (nSPS) is 22.7. The van der Waals surface area contributed by atoms with Crippen LogP contribution < -0.4 is 10.9 Å². The monoisotopic (exact) mass is 329 g/mol. The summed E-state index contributed by atoms with van der Waals surface area (Å²) in [5, 5.41) is 7.47. The van der Waals surface area contributed by atoms with E-state index in [0.29, 0.717) is 16.9 Å². The smallest absolute Gasteiger partial charge is 0.283 e. The van der Waals surface area contributed by atoms with Gasteiger partial charge in [-0.3, -0.25) is 4.79 Å². The summed E-state index contributed by atoms with van der Waals surface area (Å²) < 4.78 is 7.57. The standard InChI is InChI=1S/C13H20BrN3O2/c1-3-5-17-13(18)12(14)11(8-16-17)15-7-10-4-6-19-9(10)2/h8-10,15H,3-7H2,1-2H3. The highest BCUT2D eigenvalue weighted by atomic mass is 79.9. The summed E-state index contributed by atoms with van der Waals surface area (Å²) in [4.78, 5) is 12.0. The van der Waals surface area contributed by atoms with Gasteiger partial charge in [-0.2, -0.15) is 5.10 Å². The second-order valence-corrected chi connectivity index (χ2v) is 5.70. The van der Waals surface area contributed by atoms with Crippen molar-refractivity contribution in [1.29, 1.82) is 0 Å². The van der Waals surface area contributed by atoms with E-state index in [1.54, 1.807) is 6.20 Å². The van der Waals surface area contributed by atoms with Crippen LogP contribution in [0.2, 0.25) is 0 Å². The van der Waals surface area contributed by atoms with E-state index in [4.69, 9.17) is 4.74 Å². The molecule has 19 heavy (non-hydrogen) atoms. The maximum Gasteiger partial charge on any atom is 0.283 e. The summed E-state index contributed by atoms with van der Waals surface area (Å²) in [6.07, 6.45) is 3.94. The van der Waals surface area contributed by atoms with Crippen LogP contribution in [-0.4, -0.2) is 29.0 Å². The summed E-state index contributed by atoms with van der Waals surface area (Å²) in [6, 6.07) is 0. The number of ether oxygens (including phenoxy) is 1. The highest BCUT2D eigenvalue weighted by Gasteiger charge is 2.24. The van der Waals surface area contributed by atoms with Crippen molar-refractivity contribution < 1.29 is 4.74 Å². The molecule has 0 saturated carbocycles. The SMILES string of the molecule is CCCn1ncc(NCC2CCOC2C)c(Br)c1=O. The lowest BCUT2D eigenvalue weighted by Crippen LogP contribution is -2.26. The molecule has 2 rings (SSSR count). The van der Waals surface area contributed by atoms with E-state index in [-0.39, 0.29) is 11.7 Å². The topological polar surface area (TPSA) is 56.1 Å². The molecule has 2 unspecified atom stereocenters. The van der Waals surface area contributed by atoms with Gasteiger partial charge < -0.3 is 10.1 Å².